The lowest BCUT2D eigenvalue weighted by atomic mass is 9.86. The molecule has 0 unspecified atom stereocenters. The summed E-state index contributed by atoms with van der Waals surface area (Å²) in [7, 11) is 1.44. The summed E-state index contributed by atoms with van der Waals surface area (Å²) in [5.74, 6) is 0.637. The molecule has 20 heavy (non-hydrogen) atoms. The summed E-state index contributed by atoms with van der Waals surface area (Å²) in [4.78, 5) is 25.5. The SMILES string of the molecule is COC(=O)C1CCC(NC(=O)N2CCC(C)CC2)CC1. The quantitative estimate of drug-likeness (QED) is 0.790. The second kappa shape index (κ2) is 6.95. The summed E-state index contributed by atoms with van der Waals surface area (Å²) in [6.45, 7) is 3.97. The molecule has 1 saturated carbocycles. The zero-order valence-electron chi connectivity index (χ0n) is 12.6. The number of rotatable bonds is 2. The molecule has 0 radical (unpaired) electrons. The van der Waals surface area contributed by atoms with Crippen LogP contribution in [0.25, 0.3) is 0 Å². The maximum absolute atomic E-state index is 12.2. The third-order valence-electron chi connectivity index (χ3n) is 4.66. The monoisotopic (exact) mass is 282 g/mol. The number of carbonyl (C=O) groups excluding carboxylic acids is 2. The molecule has 0 aromatic heterocycles. The number of ether oxygens (including phenoxy) is 1. The molecule has 114 valence electrons. The largest absolute Gasteiger partial charge is 0.469 e. The van der Waals surface area contributed by atoms with Crippen molar-refractivity contribution in [3.8, 4) is 0 Å². The lowest BCUT2D eigenvalue weighted by Gasteiger charge is -2.33. The summed E-state index contributed by atoms with van der Waals surface area (Å²) < 4.78 is 4.78. The smallest absolute Gasteiger partial charge is 0.317 e. The molecule has 1 saturated heterocycles. The van der Waals surface area contributed by atoms with Gasteiger partial charge in [0.1, 0.15) is 0 Å². The first kappa shape index (κ1) is 15.1. The number of hydrogen-bond donors (Lipinski definition) is 1. The van der Waals surface area contributed by atoms with Gasteiger partial charge in [-0.2, -0.15) is 0 Å². The molecular formula is C15H26N2O3. The number of nitrogens with one attached hydrogen (secondary N) is 1. The Morgan fingerprint density at radius 3 is 2.20 bits per heavy atom. The van der Waals surface area contributed by atoms with E-state index >= 15 is 0 Å². The molecule has 0 aromatic carbocycles. The molecule has 2 amide bonds. The van der Waals surface area contributed by atoms with Crippen molar-refractivity contribution in [3.05, 3.63) is 0 Å². The highest BCUT2D eigenvalue weighted by molar-refractivity contribution is 5.75. The number of esters is 1. The minimum Gasteiger partial charge on any atom is -0.469 e. The van der Waals surface area contributed by atoms with Crippen LogP contribution in [0.4, 0.5) is 4.79 Å². The molecule has 1 aliphatic heterocycles. The average molecular weight is 282 g/mol. The predicted molar refractivity (Wildman–Crippen MR) is 76.3 cm³/mol. The molecule has 2 aliphatic rings. The van der Waals surface area contributed by atoms with Gasteiger partial charge in [0.2, 0.25) is 0 Å². The molecule has 2 rings (SSSR count). The maximum Gasteiger partial charge on any atom is 0.317 e. The van der Waals surface area contributed by atoms with E-state index in [2.05, 4.69) is 12.2 Å². The zero-order chi connectivity index (χ0) is 14.5. The number of carbonyl (C=O) groups is 2. The van der Waals surface area contributed by atoms with Crippen LogP contribution in [0.15, 0.2) is 0 Å². The van der Waals surface area contributed by atoms with Crippen molar-refractivity contribution in [1.29, 1.82) is 0 Å². The highest BCUT2D eigenvalue weighted by Crippen LogP contribution is 2.25. The third kappa shape index (κ3) is 3.87. The van der Waals surface area contributed by atoms with E-state index in [1.165, 1.54) is 7.11 Å². The predicted octanol–water partition coefficient (Wildman–Crippen LogP) is 2.16. The van der Waals surface area contributed by atoms with Gasteiger partial charge in [0.15, 0.2) is 0 Å². The van der Waals surface area contributed by atoms with Gasteiger partial charge < -0.3 is 15.0 Å². The Morgan fingerprint density at radius 1 is 1.05 bits per heavy atom. The van der Waals surface area contributed by atoms with E-state index in [4.69, 9.17) is 4.74 Å². The topological polar surface area (TPSA) is 58.6 Å². The molecule has 1 N–H and O–H groups in total. The van der Waals surface area contributed by atoms with E-state index in [9.17, 15) is 9.59 Å². The van der Waals surface area contributed by atoms with E-state index in [1.807, 2.05) is 4.90 Å². The number of likely N-dealkylation sites (tertiary alicyclic amines) is 1. The van der Waals surface area contributed by atoms with Gasteiger partial charge in [0.25, 0.3) is 0 Å². The fraction of sp³-hybridized carbons (Fsp3) is 0.867. The van der Waals surface area contributed by atoms with Crippen molar-refractivity contribution in [2.45, 2.75) is 51.5 Å². The van der Waals surface area contributed by atoms with Crippen LogP contribution in [-0.4, -0.2) is 43.1 Å². The van der Waals surface area contributed by atoms with E-state index in [0.29, 0.717) is 0 Å². The first-order chi connectivity index (χ1) is 9.60. The third-order valence-corrected chi connectivity index (χ3v) is 4.66. The number of hydrogen-bond acceptors (Lipinski definition) is 3. The summed E-state index contributed by atoms with van der Waals surface area (Å²) in [5, 5.41) is 3.12. The first-order valence-corrected chi connectivity index (χ1v) is 7.73. The Kier molecular flexibility index (Phi) is 5.26. The highest BCUT2D eigenvalue weighted by Gasteiger charge is 2.29. The van der Waals surface area contributed by atoms with Gasteiger partial charge in [-0.3, -0.25) is 4.79 Å². The van der Waals surface area contributed by atoms with E-state index in [0.717, 1.165) is 57.5 Å². The van der Waals surface area contributed by atoms with Crippen molar-refractivity contribution in [2.24, 2.45) is 11.8 Å². The van der Waals surface area contributed by atoms with E-state index in [-0.39, 0.29) is 24.0 Å². The van der Waals surface area contributed by atoms with Crippen LogP contribution in [0.1, 0.15) is 45.4 Å². The minimum atomic E-state index is -0.111. The average Bonchev–Trinajstić information content (AvgIpc) is 2.48. The number of amides is 2. The second-order valence-electron chi connectivity index (χ2n) is 6.19. The van der Waals surface area contributed by atoms with Gasteiger partial charge >= 0.3 is 12.0 Å². The number of piperidine rings is 1. The van der Waals surface area contributed by atoms with Gasteiger partial charge in [-0.25, -0.2) is 4.79 Å². The van der Waals surface area contributed by atoms with E-state index < -0.39 is 0 Å². The van der Waals surface area contributed by atoms with Crippen molar-refractivity contribution in [3.63, 3.8) is 0 Å². The van der Waals surface area contributed by atoms with Crippen LogP contribution < -0.4 is 5.32 Å². The van der Waals surface area contributed by atoms with Crippen LogP contribution >= 0.6 is 0 Å². The molecule has 0 spiro atoms. The minimum absolute atomic E-state index is 0.0176. The summed E-state index contributed by atoms with van der Waals surface area (Å²) >= 11 is 0. The van der Waals surface area contributed by atoms with Crippen LogP contribution in [0.3, 0.4) is 0 Å². The number of urea groups is 1. The molecule has 0 bridgehead atoms. The van der Waals surface area contributed by atoms with Crippen LogP contribution in [0.5, 0.6) is 0 Å². The number of methoxy groups -OCH3 is 1. The summed E-state index contributed by atoms with van der Waals surface area (Å²) in [6, 6.07) is 0.279. The molecular weight excluding hydrogens is 256 g/mol. The van der Waals surface area contributed by atoms with Crippen LogP contribution in [0.2, 0.25) is 0 Å². The van der Waals surface area contributed by atoms with Gasteiger partial charge in [-0.1, -0.05) is 6.92 Å². The van der Waals surface area contributed by atoms with E-state index in [1.54, 1.807) is 0 Å². The molecule has 0 aromatic rings. The van der Waals surface area contributed by atoms with Crippen molar-refractivity contribution in [2.75, 3.05) is 20.2 Å². The fourth-order valence-electron chi connectivity index (χ4n) is 3.12. The first-order valence-electron chi connectivity index (χ1n) is 7.73. The van der Waals surface area contributed by atoms with Gasteiger partial charge in [0, 0.05) is 19.1 Å². The summed E-state index contributed by atoms with van der Waals surface area (Å²) in [5.41, 5.74) is 0. The Labute approximate surface area is 121 Å². The summed E-state index contributed by atoms with van der Waals surface area (Å²) in [6.07, 6.45) is 5.57. The zero-order valence-corrected chi connectivity index (χ0v) is 12.6. The number of nitrogens with zero attached hydrogens (tertiary/aromatic N) is 1. The van der Waals surface area contributed by atoms with Gasteiger partial charge in [-0.05, 0) is 44.4 Å². The lowest BCUT2D eigenvalue weighted by Crippen LogP contribution is -2.48. The highest BCUT2D eigenvalue weighted by atomic mass is 16.5. The van der Waals surface area contributed by atoms with Crippen molar-refractivity contribution >= 4 is 12.0 Å². The Bertz CT molecular complexity index is 343. The van der Waals surface area contributed by atoms with Gasteiger partial charge in [0.05, 0.1) is 13.0 Å². The Balaban J connectivity index is 1.72. The molecule has 5 heteroatoms. The molecule has 0 atom stereocenters. The standard InChI is InChI=1S/C15H26N2O3/c1-11-7-9-17(10-8-11)15(19)16-13-5-3-12(4-6-13)14(18)20-2/h11-13H,3-10H2,1-2H3,(H,16,19). The van der Waals surface area contributed by atoms with Crippen LogP contribution in [-0.2, 0) is 9.53 Å². The fourth-order valence-corrected chi connectivity index (χ4v) is 3.12. The lowest BCUT2D eigenvalue weighted by molar-refractivity contribution is -0.146. The molecule has 2 fully saturated rings. The maximum atomic E-state index is 12.2. The second-order valence-corrected chi connectivity index (χ2v) is 6.19. The van der Waals surface area contributed by atoms with Crippen LogP contribution in [0, 0.1) is 11.8 Å². The van der Waals surface area contributed by atoms with Crippen molar-refractivity contribution < 1.29 is 14.3 Å². The molecule has 1 heterocycles. The molecule has 5 nitrogen and oxygen atoms in total. The Hall–Kier alpha value is -1.26. The normalized spacial score (nSPS) is 28.0. The molecule has 1 aliphatic carbocycles. The van der Waals surface area contributed by atoms with Gasteiger partial charge in [-0.15, -0.1) is 0 Å². The Morgan fingerprint density at radius 2 is 1.65 bits per heavy atom. The van der Waals surface area contributed by atoms with Crippen molar-refractivity contribution in [1.82, 2.24) is 10.2 Å².